The number of aliphatic hydroxyl groups is 1. The predicted molar refractivity (Wildman–Crippen MR) is 54.9 cm³/mol. The minimum atomic E-state index is -0.218. The van der Waals surface area contributed by atoms with Gasteiger partial charge in [0.2, 0.25) is 0 Å². The number of carbonyl (C=O) groups is 1. The van der Waals surface area contributed by atoms with E-state index in [2.05, 4.69) is 20.8 Å². The molecule has 2 fully saturated rings. The number of ketones is 1. The van der Waals surface area contributed by atoms with Crippen LogP contribution in [0.15, 0.2) is 0 Å². The molecule has 2 aliphatic carbocycles. The topological polar surface area (TPSA) is 37.3 Å². The van der Waals surface area contributed by atoms with Gasteiger partial charge in [-0.25, -0.2) is 0 Å². The Morgan fingerprint density at radius 2 is 1.93 bits per heavy atom. The van der Waals surface area contributed by atoms with E-state index in [1.165, 1.54) is 0 Å². The van der Waals surface area contributed by atoms with Crippen LogP contribution in [0.2, 0.25) is 0 Å². The van der Waals surface area contributed by atoms with E-state index in [1.807, 2.05) is 0 Å². The molecule has 2 aliphatic rings. The first-order valence-corrected chi connectivity index (χ1v) is 5.60. The number of fused-ring (bicyclic) bond motifs is 1. The number of carbonyl (C=O) groups excluding carboxylic acids is 1. The van der Waals surface area contributed by atoms with E-state index in [0.29, 0.717) is 18.1 Å². The molecule has 0 saturated heterocycles. The maximum atomic E-state index is 11.8. The van der Waals surface area contributed by atoms with Crippen molar-refractivity contribution >= 4 is 5.78 Å². The Hall–Kier alpha value is -0.370. The van der Waals surface area contributed by atoms with Crippen LogP contribution < -0.4 is 0 Å². The first kappa shape index (κ1) is 10.2. The molecule has 80 valence electrons. The minimum Gasteiger partial charge on any atom is -0.393 e. The highest BCUT2D eigenvalue weighted by Crippen LogP contribution is 2.57. The SMILES string of the molecule is CC1(C)C(=O)CC[C@@]2(C)[C@@H]1CC[C@@H]2O. The van der Waals surface area contributed by atoms with Gasteiger partial charge in [0.1, 0.15) is 5.78 Å². The summed E-state index contributed by atoms with van der Waals surface area (Å²) >= 11 is 0. The number of Topliss-reactive ketones (excluding diaryl/α,β-unsaturated/α-hetero) is 1. The van der Waals surface area contributed by atoms with Crippen molar-refractivity contribution in [3.05, 3.63) is 0 Å². The van der Waals surface area contributed by atoms with Crippen LogP contribution in [0.4, 0.5) is 0 Å². The number of aliphatic hydroxyl groups excluding tert-OH is 1. The Kier molecular flexibility index (Phi) is 2.04. The summed E-state index contributed by atoms with van der Waals surface area (Å²) in [6.45, 7) is 6.26. The zero-order valence-electron chi connectivity index (χ0n) is 9.34. The fourth-order valence-corrected chi connectivity index (χ4v) is 3.64. The lowest BCUT2D eigenvalue weighted by Crippen LogP contribution is -2.48. The van der Waals surface area contributed by atoms with Crippen LogP contribution in [-0.2, 0) is 4.79 Å². The zero-order valence-corrected chi connectivity index (χ0v) is 9.34. The fraction of sp³-hybridized carbons (Fsp3) is 0.917. The van der Waals surface area contributed by atoms with Gasteiger partial charge < -0.3 is 5.11 Å². The molecular formula is C12H20O2. The smallest absolute Gasteiger partial charge is 0.138 e. The Bertz CT molecular complexity index is 269. The van der Waals surface area contributed by atoms with E-state index in [9.17, 15) is 9.90 Å². The van der Waals surface area contributed by atoms with E-state index in [4.69, 9.17) is 0 Å². The van der Waals surface area contributed by atoms with Crippen molar-refractivity contribution in [3.8, 4) is 0 Å². The molecule has 2 saturated carbocycles. The monoisotopic (exact) mass is 196 g/mol. The minimum absolute atomic E-state index is 0.00257. The lowest BCUT2D eigenvalue weighted by molar-refractivity contribution is -0.141. The number of hydrogen-bond donors (Lipinski definition) is 1. The van der Waals surface area contributed by atoms with Crippen LogP contribution in [-0.4, -0.2) is 17.0 Å². The third-order valence-electron chi connectivity index (χ3n) is 4.77. The molecule has 2 heteroatoms. The average Bonchev–Trinajstić information content (AvgIpc) is 2.39. The van der Waals surface area contributed by atoms with Crippen LogP contribution in [0.1, 0.15) is 46.5 Å². The molecule has 2 rings (SSSR count). The second kappa shape index (κ2) is 2.82. The van der Waals surface area contributed by atoms with Gasteiger partial charge in [0.25, 0.3) is 0 Å². The van der Waals surface area contributed by atoms with E-state index in [-0.39, 0.29) is 16.9 Å². The molecule has 0 amide bonds. The largest absolute Gasteiger partial charge is 0.393 e. The zero-order chi connectivity index (χ0) is 10.6. The van der Waals surface area contributed by atoms with Crippen LogP contribution in [0.5, 0.6) is 0 Å². The molecule has 0 radical (unpaired) electrons. The van der Waals surface area contributed by atoms with Gasteiger partial charge in [-0.2, -0.15) is 0 Å². The molecular weight excluding hydrogens is 176 g/mol. The van der Waals surface area contributed by atoms with Crippen molar-refractivity contribution in [1.29, 1.82) is 0 Å². The van der Waals surface area contributed by atoms with Crippen molar-refractivity contribution in [2.75, 3.05) is 0 Å². The van der Waals surface area contributed by atoms with E-state index >= 15 is 0 Å². The molecule has 0 unspecified atom stereocenters. The van der Waals surface area contributed by atoms with Gasteiger partial charge in [0.05, 0.1) is 6.10 Å². The molecule has 0 spiro atoms. The highest BCUT2D eigenvalue weighted by molar-refractivity contribution is 5.85. The summed E-state index contributed by atoms with van der Waals surface area (Å²) in [5.74, 6) is 0.764. The third-order valence-corrected chi connectivity index (χ3v) is 4.77. The maximum absolute atomic E-state index is 11.8. The summed E-state index contributed by atoms with van der Waals surface area (Å²) in [4.78, 5) is 11.8. The summed E-state index contributed by atoms with van der Waals surface area (Å²) in [5.41, 5.74) is -0.220. The van der Waals surface area contributed by atoms with Gasteiger partial charge in [-0.1, -0.05) is 20.8 Å². The van der Waals surface area contributed by atoms with Gasteiger partial charge in [-0.3, -0.25) is 4.79 Å². The molecule has 14 heavy (non-hydrogen) atoms. The van der Waals surface area contributed by atoms with Crippen LogP contribution in [0.3, 0.4) is 0 Å². The molecule has 3 atom stereocenters. The molecule has 1 N–H and O–H groups in total. The van der Waals surface area contributed by atoms with E-state index in [1.54, 1.807) is 0 Å². The second-order valence-electron chi connectivity index (χ2n) is 5.80. The van der Waals surface area contributed by atoms with Gasteiger partial charge >= 0.3 is 0 Å². The molecule has 2 nitrogen and oxygen atoms in total. The van der Waals surface area contributed by atoms with Crippen LogP contribution in [0, 0.1) is 16.7 Å². The quantitative estimate of drug-likeness (QED) is 0.644. The first-order chi connectivity index (χ1) is 6.39. The van der Waals surface area contributed by atoms with Gasteiger partial charge in [-0.05, 0) is 30.6 Å². The van der Waals surface area contributed by atoms with Gasteiger partial charge in [0, 0.05) is 11.8 Å². The van der Waals surface area contributed by atoms with Crippen molar-refractivity contribution in [3.63, 3.8) is 0 Å². The third kappa shape index (κ3) is 1.10. The predicted octanol–water partition coefficient (Wildman–Crippen LogP) is 2.15. The Balaban J connectivity index is 2.36. The lowest BCUT2D eigenvalue weighted by atomic mass is 9.57. The highest BCUT2D eigenvalue weighted by atomic mass is 16.3. The summed E-state index contributed by atoms with van der Waals surface area (Å²) in [6.07, 6.45) is 3.21. The Morgan fingerprint density at radius 1 is 1.29 bits per heavy atom. The van der Waals surface area contributed by atoms with Crippen LogP contribution in [0.25, 0.3) is 0 Å². The molecule has 0 heterocycles. The van der Waals surface area contributed by atoms with Crippen LogP contribution >= 0.6 is 0 Å². The second-order valence-corrected chi connectivity index (χ2v) is 5.80. The summed E-state index contributed by atoms with van der Waals surface area (Å²) in [7, 11) is 0. The average molecular weight is 196 g/mol. The summed E-state index contributed by atoms with van der Waals surface area (Å²) in [5, 5.41) is 9.99. The highest BCUT2D eigenvalue weighted by Gasteiger charge is 2.56. The summed E-state index contributed by atoms with van der Waals surface area (Å²) in [6, 6.07) is 0. The number of rotatable bonds is 0. The Morgan fingerprint density at radius 3 is 2.57 bits per heavy atom. The van der Waals surface area contributed by atoms with Gasteiger partial charge in [0.15, 0.2) is 0 Å². The summed E-state index contributed by atoms with van der Waals surface area (Å²) < 4.78 is 0. The Labute approximate surface area is 85.7 Å². The molecule has 0 aromatic rings. The number of hydrogen-bond acceptors (Lipinski definition) is 2. The fourth-order valence-electron chi connectivity index (χ4n) is 3.64. The van der Waals surface area contributed by atoms with Crippen molar-refractivity contribution in [2.24, 2.45) is 16.7 Å². The van der Waals surface area contributed by atoms with Crippen molar-refractivity contribution in [1.82, 2.24) is 0 Å². The van der Waals surface area contributed by atoms with E-state index < -0.39 is 0 Å². The standard InChI is InChI=1S/C12H20O2/c1-11(2)8-4-5-10(14)12(8,3)7-6-9(11)13/h8,10,14H,4-7H2,1-3H3/t8-,10+,12+/m1/s1. The maximum Gasteiger partial charge on any atom is 0.138 e. The first-order valence-electron chi connectivity index (χ1n) is 5.60. The van der Waals surface area contributed by atoms with Crippen molar-refractivity contribution in [2.45, 2.75) is 52.6 Å². The van der Waals surface area contributed by atoms with Gasteiger partial charge in [-0.15, -0.1) is 0 Å². The van der Waals surface area contributed by atoms with Crippen molar-refractivity contribution < 1.29 is 9.90 Å². The molecule has 0 aliphatic heterocycles. The molecule has 0 bridgehead atoms. The van der Waals surface area contributed by atoms with E-state index in [0.717, 1.165) is 19.3 Å². The lowest BCUT2D eigenvalue weighted by Gasteiger charge is -2.47. The molecule has 0 aromatic heterocycles. The normalized spacial score (nSPS) is 46.4. The molecule has 0 aromatic carbocycles.